The molecule has 0 atom stereocenters. The molecule has 0 N–H and O–H groups in total. The monoisotopic (exact) mass is 169 g/mol. The maximum atomic E-state index is 2.38. The average molecular weight is 169 g/mol. The predicted molar refractivity (Wildman–Crippen MR) is 55.5 cm³/mol. The second kappa shape index (κ2) is 2.49. The van der Waals surface area contributed by atoms with Gasteiger partial charge in [-0.1, -0.05) is 30.4 Å². The van der Waals surface area contributed by atoms with E-state index in [1.165, 1.54) is 23.4 Å². The number of rotatable bonds is 0. The number of hydrogen-bond acceptors (Lipinski definition) is 1. The van der Waals surface area contributed by atoms with Crippen LogP contribution in [0.2, 0.25) is 0 Å². The summed E-state index contributed by atoms with van der Waals surface area (Å²) in [6.07, 6.45) is 7.87. The minimum Gasteiger partial charge on any atom is -0.341 e. The normalized spacial score (nSPS) is 18.2. The first-order chi connectivity index (χ1) is 6.45. The maximum absolute atomic E-state index is 2.38. The highest BCUT2D eigenvalue weighted by molar-refractivity contribution is 5.77. The minimum absolute atomic E-state index is 1.14. The smallest absolute Gasteiger partial charge is 0.0484 e. The van der Waals surface area contributed by atoms with Crippen LogP contribution in [0.25, 0.3) is 6.08 Å². The van der Waals surface area contributed by atoms with E-state index in [9.17, 15) is 0 Å². The summed E-state index contributed by atoms with van der Waals surface area (Å²) in [5.74, 6) is 0. The summed E-state index contributed by atoms with van der Waals surface area (Å²) >= 11 is 0. The van der Waals surface area contributed by atoms with Crippen LogP contribution in [0.3, 0.4) is 0 Å². The molecule has 1 aromatic carbocycles. The van der Waals surface area contributed by atoms with Gasteiger partial charge in [0.05, 0.1) is 0 Å². The molecular formula is C12H11N. The fourth-order valence-electron chi connectivity index (χ4n) is 2.05. The Labute approximate surface area is 78.0 Å². The lowest BCUT2D eigenvalue weighted by molar-refractivity contribution is 0.977. The van der Waals surface area contributed by atoms with Gasteiger partial charge in [0.25, 0.3) is 0 Å². The van der Waals surface area contributed by atoms with Crippen molar-refractivity contribution in [2.75, 3.05) is 11.4 Å². The number of para-hydroxylation sites is 1. The van der Waals surface area contributed by atoms with Crippen molar-refractivity contribution in [1.82, 2.24) is 0 Å². The summed E-state index contributed by atoms with van der Waals surface area (Å²) in [4.78, 5) is 2.38. The van der Waals surface area contributed by atoms with Crippen molar-refractivity contribution in [1.29, 1.82) is 0 Å². The highest BCUT2D eigenvalue weighted by atomic mass is 15.2. The minimum atomic E-state index is 1.14. The van der Waals surface area contributed by atoms with Gasteiger partial charge in [0, 0.05) is 17.9 Å². The van der Waals surface area contributed by atoms with E-state index in [0.29, 0.717) is 0 Å². The van der Waals surface area contributed by atoms with Crippen molar-refractivity contribution in [2.45, 2.75) is 6.42 Å². The van der Waals surface area contributed by atoms with Crippen LogP contribution in [0.1, 0.15) is 12.0 Å². The molecule has 2 aliphatic rings. The lowest BCUT2D eigenvalue weighted by Gasteiger charge is -2.25. The van der Waals surface area contributed by atoms with Gasteiger partial charge in [0.1, 0.15) is 0 Å². The zero-order chi connectivity index (χ0) is 8.67. The maximum Gasteiger partial charge on any atom is 0.0484 e. The van der Waals surface area contributed by atoms with E-state index >= 15 is 0 Å². The number of anilines is 1. The van der Waals surface area contributed by atoms with Gasteiger partial charge in [-0.15, -0.1) is 0 Å². The van der Waals surface area contributed by atoms with Crippen LogP contribution in [0.4, 0.5) is 5.69 Å². The second-order valence-corrected chi connectivity index (χ2v) is 3.46. The van der Waals surface area contributed by atoms with Crippen molar-refractivity contribution in [3.8, 4) is 0 Å². The van der Waals surface area contributed by atoms with Crippen LogP contribution in [0, 0.1) is 0 Å². The molecule has 0 amide bonds. The summed E-state index contributed by atoms with van der Waals surface area (Å²) < 4.78 is 0. The van der Waals surface area contributed by atoms with Crippen LogP contribution in [-0.4, -0.2) is 6.54 Å². The second-order valence-electron chi connectivity index (χ2n) is 3.46. The third kappa shape index (κ3) is 0.934. The molecule has 1 heteroatoms. The standard InChI is InChI=1S/C12H11N/c1-2-6-12-10(4-1)7-8-11-5-3-9-13(11)12/h1-2,4-8H,3,9H2. The van der Waals surface area contributed by atoms with Gasteiger partial charge in [-0.2, -0.15) is 0 Å². The van der Waals surface area contributed by atoms with E-state index in [1.54, 1.807) is 0 Å². The summed E-state index contributed by atoms with van der Waals surface area (Å²) in [5.41, 5.74) is 4.05. The Morgan fingerprint density at radius 1 is 1.08 bits per heavy atom. The quantitative estimate of drug-likeness (QED) is 0.577. The van der Waals surface area contributed by atoms with Gasteiger partial charge in [-0.3, -0.25) is 0 Å². The zero-order valence-electron chi connectivity index (χ0n) is 7.40. The van der Waals surface area contributed by atoms with Crippen molar-refractivity contribution < 1.29 is 0 Å². The molecule has 64 valence electrons. The Balaban J connectivity index is 2.20. The Morgan fingerprint density at radius 3 is 3.00 bits per heavy atom. The molecule has 3 rings (SSSR count). The first kappa shape index (κ1) is 6.96. The fraction of sp³-hybridized carbons (Fsp3) is 0.167. The van der Waals surface area contributed by atoms with Crippen molar-refractivity contribution in [3.63, 3.8) is 0 Å². The van der Waals surface area contributed by atoms with E-state index in [2.05, 4.69) is 47.4 Å². The van der Waals surface area contributed by atoms with Gasteiger partial charge in [-0.05, 0) is 24.1 Å². The first-order valence-electron chi connectivity index (χ1n) is 4.70. The number of fused-ring (bicyclic) bond motifs is 3. The third-order valence-electron chi connectivity index (χ3n) is 2.68. The van der Waals surface area contributed by atoms with Crippen LogP contribution in [0.5, 0.6) is 0 Å². The van der Waals surface area contributed by atoms with Gasteiger partial charge >= 0.3 is 0 Å². The lowest BCUT2D eigenvalue weighted by atomic mass is 10.1. The molecule has 1 nitrogen and oxygen atoms in total. The average Bonchev–Trinajstić information content (AvgIpc) is 2.65. The van der Waals surface area contributed by atoms with Crippen molar-refractivity contribution in [2.24, 2.45) is 0 Å². The van der Waals surface area contributed by atoms with Crippen LogP contribution in [0.15, 0.2) is 42.1 Å². The summed E-state index contributed by atoms with van der Waals surface area (Å²) in [6.45, 7) is 1.14. The van der Waals surface area contributed by atoms with Crippen LogP contribution in [-0.2, 0) is 0 Å². The molecule has 2 aliphatic heterocycles. The third-order valence-corrected chi connectivity index (χ3v) is 2.68. The van der Waals surface area contributed by atoms with E-state index in [1.807, 2.05) is 0 Å². The Kier molecular flexibility index (Phi) is 1.33. The van der Waals surface area contributed by atoms with Crippen molar-refractivity contribution in [3.05, 3.63) is 47.7 Å². The molecule has 0 spiro atoms. The molecule has 0 fully saturated rings. The topological polar surface area (TPSA) is 3.24 Å². The summed E-state index contributed by atoms with van der Waals surface area (Å²) in [6, 6.07) is 8.56. The number of benzene rings is 1. The molecule has 0 saturated carbocycles. The van der Waals surface area contributed by atoms with Gasteiger partial charge in [0.15, 0.2) is 0 Å². The fourth-order valence-corrected chi connectivity index (χ4v) is 2.05. The van der Waals surface area contributed by atoms with Gasteiger partial charge in [-0.25, -0.2) is 0 Å². The molecule has 0 radical (unpaired) electrons. The molecule has 0 saturated heterocycles. The Hall–Kier alpha value is -1.50. The highest BCUT2D eigenvalue weighted by Gasteiger charge is 2.19. The highest BCUT2D eigenvalue weighted by Crippen LogP contribution is 2.33. The van der Waals surface area contributed by atoms with Crippen molar-refractivity contribution >= 4 is 11.8 Å². The Morgan fingerprint density at radius 2 is 2.00 bits per heavy atom. The molecule has 0 aliphatic carbocycles. The molecule has 1 aromatic rings. The molecule has 2 heterocycles. The first-order valence-corrected chi connectivity index (χ1v) is 4.70. The van der Waals surface area contributed by atoms with Crippen LogP contribution < -0.4 is 4.90 Å². The molecule has 0 bridgehead atoms. The van der Waals surface area contributed by atoms with E-state index in [-0.39, 0.29) is 0 Å². The summed E-state index contributed by atoms with van der Waals surface area (Å²) in [5, 5.41) is 0. The number of hydrogen-bond donors (Lipinski definition) is 0. The Bertz CT molecular complexity index is 401. The largest absolute Gasteiger partial charge is 0.341 e. The molecule has 0 unspecified atom stereocenters. The predicted octanol–water partition coefficient (Wildman–Crippen LogP) is 2.81. The van der Waals surface area contributed by atoms with E-state index < -0.39 is 0 Å². The van der Waals surface area contributed by atoms with Crippen LogP contribution >= 0.6 is 0 Å². The van der Waals surface area contributed by atoms with Gasteiger partial charge < -0.3 is 4.90 Å². The van der Waals surface area contributed by atoms with Gasteiger partial charge in [0.2, 0.25) is 0 Å². The number of allylic oxidation sites excluding steroid dienone is 1. The SMILES string of the molecule is C1=Cc2ccccc2N2CCC=C12. The van der Waals surface area contributed by atoms with E-state index in [4.69, 9.17) is 0 Å². The zero-order valence-corrected chi connectivity index (χ0v) is 7.40. The lowest BCUT2D eigenvalue weighted by Crippen LogP contribution is -2.20. The molecular weight excluding hydrogens is 158 g/mol. The van der Waals surface area contributed by atoms with E-state index in [0.717, 1.165) is 6.54 Å². The number of nitrogens with zero attached hydrogens (tertiary/aromatic N) is 1. The molecule has 13 heavy (non-hydrogen) atoms. The summed E-state index contributed by atoms with van der Waals surface area (Å²) in [7, 11) is 0. The molecule has 0 aromatic heterocycles.